The molecule has 1 aromatic rings. The number of carbonyl (C=O) groups is 2. The molecule has 1 saturated heterocycles. The Morgan fingerprint density at radius 3 is 2.71 bits per heavy atom. The first-order chi connectivity index (χ1) is 9.79. The largest absolute Gasteiger partial charge is 0.459 e. The summed E-state index contributed by atoms with van der Waals surface area (Å²) in [6.45, 7) is 2.72. The van der Waals surface area contributed by atoms with Crippen molar-refractivity contribution in [3.05, 3.63) is 32.6 Å². The fourth-order valence-electron chi connectivity index (χ4n) is 2.19. The summed E-state index contributed by atoms with van der Waals surface area (Å²) in [5, 5.41) is 0. The number of hydrogen-bond donors (Lipinski definition) is 2. The molecule has 1 amide bonds. The second kappa shape index (κ2) is 5.52. The van der Waals surface area contributed by atoms with Crippen molar-refractivity contribution in [1.29, 1.82) is 0 Å². The molecule has 9 nitrogen and oxygen atoms in total. The van der Waals surface area contributed by atoms with Crippen molar-refractivity contribution < 1.29 is 19.1 Å². The lowest BCUT2D eigenvalue weighted by molar-refractivity contribution is -0.152. The summed E-state index contributed by atoms with van der Waals surface area (Å²) in [4.78, 5) is 47.6. The van der Waals surface area contributed by atoms with Crippen molar-refractivity contribution in [1.82, 2.24) is 9.55 Å². The number of carbonyl (C=O) groups excluding carboxylic acids is 2. The highest BCUT2D eigenvalue weighted by Gasteiger charge is 2.42. The SMILES string of the molecule is CC(=O)O[C@H]1C[C@H](n2cc(C)c(=O)[nH]c2=O)O[C@@H]1C(N)=O. The lowest BCUT2D eigenvalue weighted by Gasteiger charge is -2.14. The maximum absolute atomic E-state index is 11.8. The Morgan fingerprint density at radius 1 is 1.48 bits per heavy atom. The van der Waals surface area contributed by atoms with Crippen LogP contribution in [0.1, 0.15) is 25.1 Å². The van der Waals surface area contributed by atoms with Gasteiger partial charge in [0.1, 0.15) is 12.3 Å². The zero-order chi connectivity index (χ0) is 15.7. The van der Waals surface area contributed by atoms with Crippen LogP contribution in [0.4, 0.5) is 0 Å². The molecule has 2 heterocycles. The Labute approximate surface area is 118 Å². The van der Waals surface area contributed by atoms with Gasteiger partial charge in [0.15, 0.2) is 6.10 Å². The van der Waals surface area contributed by atoms with E-state index < -0.39 is 41.6 Å². The van der Waals surface area contributed by atoms with Crippen molar-refractivity contribution in [2.24, 2.45) is 5.73 Å². The second-order valence-corrected chi connectivity index (χ2v) is 4.78. The zero-order valence-corrected chi connectivity index (χ0v) is 11.5. The topological polar surface area (TPSA) is 133 Å². The summed E-state index contributed by atoms with van der Waals surface area (Å²) in [5.74, 6) is -1.38. The van der Waals surface area contributed by atoms with Crippen molar-refractivity contribution in [2.75, 3.05) is 0 Å². The van der Waals surface area contributed by atoms with Crippen LogP contribution >= 0.6 is 0 Å². The van der Waals surface area contributed by atoms with Crippen LogP contribution in [-0.2, 0) is 19.1 Å². The van der Waals surface area contributed by atoms with E-state index in [9.17, 15) is 19.2 Å². The first-order valence-corrected chi connectivity index (χ1v) is 6.23. The number of aryl methyl sites for hydroxylation is 1. The average molecular weight is 297 g/mol. The van der Waals surface area contributed by atoms with Gasteiger partial charge < -0.3 is 15.2 Å². The Kier molecular flexibility index (Phi) is 3.94. The molecule has 3 N–H and O–H groups in total. The third-order valence-corrected chi connectivity index (χ3v) is 3.13. The fraction of sp³-hybridized carbons (Fsp3) is 0.500. The van der Waals surface area contributed by atoms with E-state index in [-0.39, 0.29) is 6.42 Å². The van der Waals surface area contributed by atoms with Gasteiger partial charge in [0, 0.05) is 25.1 Å². The average Bonchev–Trinajstić information content (AvgIpc) is 2.76. The minimum absolute atomic E-state index is 0.0819. The molecule has 21 heavy (non-hydrogen) atoms. The van der Waals surface area contributed by atoms with Crippen molar-refractivity contribution in [3.8, 4) is 0 Å². The standard InChI is InChI=1S/C12H15N3O6/c1-5-4-15(12(19)14-11(5)18)8-3-7(20-6(2)16)9(21-8)10(13)17/h4,7-9H,3H2,1-2H3,(H2,13,17)(H,14,18,19)/t7-,8+,9-/m0/s1. The molecule has 0 spiro atoms. The highest BCUT2D eigenvalue weighted by atomic mass is 16.6. The minimum atomic E-state index is -1.14. The molecule has 114 valence electrons. The molecule has 0 saturated carbocycles. The van der Waals surface area contributed by atoms with E-state index in [1.54, 1.807) is 0 Å². The van der Waals surface area contributed by atoms with Crippen LogP contribution < -0.4 is 17.0 Å². The smallest absolute Gasteiger partial charge is 0.330 e. The van der Waals surface area contributed by atoms with Gasteiger partial charge in [0.05, 0.1) is 0 Å². The molecule has 2 rings (SSSR count). The van der Waals surface area contributed by atoms with Crippen LogP contribution in [0.5, 0.6) is 0 Å². The van der Waals surface area contributed by atoms with Crippen molar-refractivity contribution in [2.45, 2.75) is 38.7 Å². The molecule has 1 aromatic heterocycles. The van der Waals surface area contributed by atoms with Crippen LogP contribution in [0.3, 0.4) is 0 Å². The third-order valence-electron chi connectivity index (χ3n) is 3.13. The Morgan fingerprint density at radius 2 is 2.14 bits per heavy atom. The van der Waals surface area contributed by atoms with E-state index in [1.165, 1.54) is 20.0 Å². The number of amides is 1. The van der Waals surface area contributed by atoms with Gasteiger partial charge in [-0.1, -0.05) is 0 Å². The zero-order valence-electron chi connectivity index (χ0n) is 11.5. The Balaban J connectivity index is 2.32. The molecule has 0 aliphatic carbocycles. The lowest BCUT2D eigenvalue weighted by Crippen LogP contribution is -2.38. The number of hydrogen-bond acceptors (Lipinski definition) is 6. The van der Waals surface area contributed by atoms with Gasteiger partial charge >= 0.3 is 11.7 Å². The normalized spacial score (nSPS) is 24.8. The van der Waals surface area contributed by atoms with Gasteiger partial charge in [-0.15, -0.1) is 0 Å². The van der Waals surface area contributed by atoms with Crippen LogP contribution in [0.15, 0.2) is 15.8 Å². The lowest BCUT2D eigenvalue weighted by atomic mass is 10.1. The number of ether oxygens (including phenoxy) is 2. The van der Waals surface area contributed by atoms with E-state index in [2.05, 4.69) is 4.98 Å². The highest BCUT2D eigenvalue weighted by Crippen LogP contribution is 2.29. The first-order valence-electron chi connectivity index (χ1n) is 6.23. The number of H-pyrrole nitrogens is 1. The van der Waals surface area contributed by atoms with E-state index >= 15 is 0 Å². The van der Waals surface area contributed by atoms with Crippen LogP contribution in [0, 0.1) is 6.92 Å². The summed E-state index contributed by atoms with van der Waals surface area (Å²) in [6.07, 6.45) is -1.46. The number of esters is 1. The quantitative estimate of drug-likeness (QED) is 0.656. The molecular weight excluding hydrogens is 282 g/mol. The van der Waals surface area contributed by atoms with Crippen LogP contribution in [0.25, 0.3) is 0 Å². The van der Waals surface area contributed by atoms with E-state index in [0.717, 1.165) is 4.57 Å². The number of nitrogens with two attached hydrogens (primary N) is 1. The summed E-state index contributed by atoms with van der Waals surface area (Å²) < 4.78 is 11.5. The predicted molar refractivity (Wildman–Crippen MR) is 69.3 cm³/mol. The van der Waals surface area contributed by atoms with Crippen molar-refractivity contribution >= 4 is 11.9 Å². The van der Waals surface area contributed by atoms with Gasteiger partial charge in [-0.25, -0.2) is 4.79 Å². The number of nitrogens with zero attached hydrogens (tertiary/aromatic N) is 1. The number of aromatic nitrogens is 2. The molecule has 0 unspecified atom stereocenters. The monoisotopic (exact) mass is 297 g/mol. The Hall–Kier alpha value is -2.42. The predicted octanol–water partition coefficient (Wildman–Crippen LogP) is -1.45. The van der Waals surface area contributed by atoms with Gasteiger partial charge in [-0.2, -0.15) is 0 Å². The third kappa shape index (κ3) is 3.02. The van der Waals surface area contributed by atoms with E-state index in [4.69, 9.17) is 15.2 Å². The maximum Gasteiger partial charge on any atom is 0.330 e. The highest BCUT2D eigenvalue weighted by molar-refractivity contribution is 5.80. The molecule has 1 fully saturated rings. The number of nitrogens with one attached hydrogen (secondary N) is 1. The molecule has 3 atom stereocenters. The van der Waals surface area contributed by atoms with Gasteiger partial charge in [-0.3, -0.25) is 23.9 Å². The number of rotatable bonds is 3. The van der Waals surface area contributed by atoms with Crippen LogP contribution in [-0.4, -0.2) is 33.6 Å². The molecule has 0 aromatic carbocycles. The molecule has 0 radical (unpaired) electrons. The maximum atomic E-state index is 11.8. The molecule has 0 bridgehead atoms. The number of aromatic amines is 1. The van der Waals surface area contributed by atoms with Crippen molar-refractivity contribution in [3.63, 3.8) is 0 Å². The van der Waals surface area contributed by atoms with E-state index in [1.807, 2.05) is 0 Å². The van der Waals surface area contributed by atoms with Crippen LogP contribution in [0.2, 0.25) is 0 Å². The summed E-state index contributed by atoms with van der Waals surface area (Å²) in [5.41, 5.74) is 4.32. The van der Waals surface area contributed by atoms with Gasteiger partial charge in [-0.05, 0) is 6.92 Å². The minimum Gasteiger partial charge on any atom is -0.459 e. The van der Waals surface area contributed by atoms with Gasteiger partial charge in [0.2, 0.25) is 0 Å². The van der Waals surface area contributed by atoms with E-state index in [0.29, 0.717) is 5.56 Å². The summed E-state index contributed by atoms with van der Waals surface area (Å²) >= 11 is 0. The number of primary amides is 1. The molecule has 1 aliphatic rings. The Bertz CT molecular complexity index is 691. The molecule has 9 heteroatoms. The summed E-state index contributed by atoms with van der Waals surface area (Å²) in [6, 6.07) is 0. The fourth-order valence-corrected chi connectivity index (χ4v) is 2.19. The summed E-state index contributed by atoms with van der Waals surface area (Å²) in [7, 11) is 0. The first kappa shape index (κ1) is 15.0. The molecular formula is C12H15N3O6. The van der Waals surface area contributed by atoms with Gasteiger partial charge in [0.25, 0.3) is 11.5 Å². The second-order valence-electron chi connectivity index (χ2n) is 4.78. The molecule has 1 aliphatic heterocycles.